The zero-order valence-corrected chi connectivity index (χ0v) is 14.8. The molecule has 1 aromatic rings. The van der Waals surface area contributed by atoms with Crippen molar-refractivity contribution >= 4 is 23.5 Å². The molecule has 1 aliphatic rings. The number of carbonyl (C=O) groups is 3. The Hall–Kier alpha value is -2.37. The van der Waals surface area contributed by atoms with Crippen molar-refractivity contribution < 1.29 is 19.5 Å². The zero-order valence-electron chi connectivity index (χ0n) is 14.8. The van der Waals surface area contributed by atoms with Crippen LogP contribution in [0.25, 0.3) is 0 Å². The number of hydrogen-bond donors (Lipinski definition) is 2. The fourth-order valence-electron chi connectivity index (χ4n) is 3.08. The number of nitrogens with zero attached hydrogens (tertiary/aromatic N) is 1. The number of carboxylic acid groups (broad SMARTS) is 1. The van der Waals surface area contributed by atoms with Gasteiger partial charge in [-0.3, -0.25) is 14.4 Å². The Kier molecular flexibility index (Phi) is 6.56. The summed E-state index contributed by atoms with van der Waals surface area (Å²) >= 11 is 0. The molecule has 6 heteroatoms. The number of rotatable bonds is 6. The van der Waals surface area contributed by atoms with Crippen LogP contribution in [0.1, 0.15) is 57.4 Å². The van der Waals surface area contributed by atoms with Gasteiger partial charge in [-0.05, 0) is 50.3 Å². The largest absolute Gasteiger partial charge is 0.481 e. The van der Waals surface area contributed by atoms with Gasteiger partial charge >= 0.3 is 5.97 Å². The molecular weight excluding hydrogens is 320 g/mol. The first-order valence-electron chi connectivity index (χ1n) is 8.87. The molecule has 1 fully saturated rings. The lowest BCUT2D eigenvalue weighted by atomic mass is 9.99. The highest BCUT2D eigenvalue weighted by Crippen LogP contribution is 2.22. The Morgan fingerprint density at radius 3 is 2.52 bits per heavy atom. The highest BCUT2D eigenvalue weighted by Gasteiger charge is 2.31. The number of piperidine rings is 1. The predicted molar refractivity (Wildman–Crippen MR) is 95.4 cm³/mol. The molecule has 1 aromatic carbocycles. The van der Waals surface area contributed by atoms with Crippen LogP contribution in [0.4, 0.5) is 5.69 Å². The lowest BCUT2D eigenvalue weighted by Crippen LogP contribution is -2.49. The van der Waals surface area contributed by atoms with E-state index in [1.165, 1.54) is 0 Å². The van der Waals surface area contributed by atoms with E-state index in [4.69, 9.17) is 5.11 Å². The van der Waals surface area contributed by atoms with Gasteiger partial charge in [0, 0.05) is 18.7 Å². The first-order valence-corrected chi connectivity index (χ1v) is 8.87. The van der Waals surface area contributed by atoms with Crippen LogP contribution < -0.4 is 5.32 Å². The predicted octanol–water partition coefficient (Wildman–Crippen LogP) is 2.99. The van der Waals surface area contributed by atoms with Crippen LogP contribution in [0, 0.1) is 0 Å². The van der Waals surface area contributed by atoms with Crippen molar-refractivity contribution in [3.8, 4) is 0 Å². The zero-order chi connectivity index (χ0) is 18.4. The van der Waals surface area contributed by atoms with E-state index in [2.05, 4.69) is 5.32 Å². The van der Waals surface area contributed by atoms with Crippen molar-refractivity contribution in [2.75, 3.05) is 11.9 Å². The Bertz CT molecular complexity index is 627. The molecular formula is C19H26N2O4. The number of hydrogen-bond acceptors (Lipinski definition) is 3. The van der Waals surface area contributed by atoms with Crippen molar-refractivity contribution in [1.82, 2.24) is 4.90 Å². The topological polar surface area (TPSA) is 86.7 Å². The summed E-state index contributed by atoms with van der Waals surface area (Å²) in [6, 6.07) is 6.39. The van der Waals surface area contributed by atoms with Crippen LogP contribution in [0.15, 0.2) is 24.3 Å². The van der Waals surface area contributed by atoms with Crippen LogP contribution in [0.5, 0.6) is 0 Å². The first-order chi connectivity index (χ1) is 11.9. The minimum atomic E-state index is -0.885. The summed E-state index contributed by atoms with van der Waals surface area (Å²) in [5.74, 6) is -1.62. The summed E-state index contributed by atoms with van der Waals surface area (Å²) in [6.07, 6.45) is 3.78. The fourth-order valence-corrected chi connectivity index (χ4v) is 3.08. The summed E-state index contributed by atoms with van der Waals surface area (Å²) in [5.41, 5.74) is 1.29. The number of carbonyl (C=O) groups excluding carboxylic acids is 2. The molecule has 0 spiro atoms. The third kappa shape index (κ3) is 4.81. The quantitative estimate of drug-likeness (QED) is 0.829. The maximum atomic E-state index is 12.6. The van der Waals surface area contributed by atoms with E-state index in [9.17, 15) is 14.4 Å². The Morgan fingerprint density at radius 2 is 1.92 bits per heavy atom. The summed E-state index contributed by atoms with van der Waals surface area (Å²) < 4.78 is 0. The number of likely N-dealkylation sites (tertiary alicyclic amines) is 1. The molecule has 0 bridgehead atoms. The summed E-state index contributed by atoms with van der Waals surface area (Å²) in [7, 11) is 0. The minimum absolute atomic E-state index is 0.0352. The second kappa shape index (κ2) is 8.65. The van der Waals surface area contributed by atoms with Crippen LogP contribution in [-0.4, -0.2) is 40.4 Å². The van der Waals surface area contributed by atoms with E-state index < -0.39 is 17.9 Å². The second-order valence-corrected chi connectivity index (χ2v) is 6.52. The van der Waals surface area contributed by atoms with Crippen molar-refractivity contribution in [3.63, 3.8) is 0 Å². The molecule has 1 heterocycles. The van der Waals surface area contributed by atoms with Gasteiger partial charge in [-0.1, -0.05) is 19.1 Å². The molecule has 25 heavy (non-hydrogen) atoms. The third-order valence-corrected chi connectivity index (χ3v) is 4.64. The van der Waals surface area contributed by atoms with Gasteiger partial charge in [-0.15, -0.1) is 0 Å². The summed E-state index contributed by atoms with van der Waals surface area (Å²) in [6.45, 7) is 4.21. The van der Waals surface area contributed by atoms with Crippen LogP contribution in [0.2, 0.25) is 0 Å². The van der Waals surface area contributed by atoms with Crippen molar-refractivity contribution in [2.24, 2.45) is 0 Å². The van der Waals surface area contributed by atoms with Crippen molar-refractivity contribution in [3.05, 3.63) is 29.8 Å². The number of benzene rings is 1. The summed E-state index contributed by atoms with van der Waals surface area (Å²) in [4.78, 5) is 37.6. The Morgan fingerprint density at radius 1 is 1.24 bits per heavy atom. The molecule has 0 aromatic heterocycles. The van der Waals surface area contributed by atoms with E-state index in [0.717, 1.165) is 19.3 Å². The standard InChI is InChI=1S/C19H26N2O4/c1-3-6-17(22)21-12-5-4-7-16(21)18(23)20-15-10-8-14(9-11-15)13(2)19(24)25/h8-11,13,16H,3-7,12H2,1-2H3,(H,20,23)(H,24,25). The van der Waals surface area contributed by atoms with E-state index in [1.807, 2.05) is 6.92 Å². The van der Waals surface area contributed by atoms with Gasteiger partial charge in [-0.25, -0.2) is 0 Å². The molecule has 2 atom stereocenters. The maximum absolute atomic E-state index is 12.6. The van der Waals surface area contributed by atoms with E-state index in [0.29, 0.717) is 30.6 Å². The van der Waals surface area contributed by atoms with Crippen LogP contribution >= 0.6 is 0 Å². The average Bonchev–Trinajstić information content (AvgIpc) is 2.61. The lowest BCUT2D eigenvalue weighted by Gasteiger charge is -2.34. The van der Waals surface area contributed by atoms with Crippen molar-refractivity contribution in [1.29, 1.82) is 0 Å². The second-order valence-electron chi connectivity index (χ2n) is 6.52. The molecule has 0 aliphatic carbocycles. The van der Waals surface area contributed by atoms with Gasteiger partial charge in [0.25, 0.3) is 0 Å². The average molecular weight is 346 g/mol. The minimum Gasteiger partial charge on any atom is -0.481 e. The molecule has 2 rings (SSSR count). The normalized spacial score (nSPS) is 18.5. The number of carboxylic acids is 1. The van der Waals surface area contributed by atoms with Gasteiger partial charge in [0.2, 0.25) is 11.8 Å². The maximum Gasteiger partial charge on any atom is 0.310 e. The van der Waals surface area contributed by atoms with Gasteiger partial charge in [0.15, 0.2) is 0 Å². The molecule has 2 amide bonds. The van der Waals surface area contributed by atoms with Gasteiger partial charge < -0.3 is 15.3 Å². The molecule has 6 nitrogen and oxygen atoms in total. The summed E-state index contributed by atoms with van der Waals surface area (Å²) in [5, 5.41) is 11.9. The lowest BCUT2D eigenvalue weighted by molar-refractivity contribution is -0.140. The molecule has 2 unspecified atom stereocenters. The SMILES string of the molecule is CCCC(=O)N1CCCCC1C(=O)Nc1ccc(C(C)C(=O)O)cc1. The number of aliphatic carboxylic acids is 1. The fraction of sp³-hybridized carbons (Fsp3) is 0.526. The van der Waals surface area contributed by atoms with Gasteiger partial charge in [-0.2, -0.15) is 0 Å². The smallest absolute Gasteiger partial charge is 0.310 e. The van der Waals surface area contributed by atoms with E-state index in [-0.39, 0.29) is 11.8 Å². The van der Waals surface area contributed by atoms with E-state index in [1.54, 1.807) is 36.1 Å². The highest BCUT2D eigenvalue weighted by atomic mass is 16.4. The number of anilines is 1. The van der Waals surface area contributed by atoms with Crippen molar-refractivity contribution in [2.45, 2.75) is 57.9 Å². The third-order valence-electron chi connectivity index (χ3n) is 4.64. The van der Waals surface area contributed by atoms with Gasteiger partial charge in [0.1, 0.15) is 6.04 Å². The number of amides is 2. The molecule has 136 valence electrons. The number of nitrogens with one attached hydrogen (secondary N) is 1. The highest BCUT2D eigenvalue weighted by molar-refractivity contribution is 5.97. The monoisotopic (exact) mass is 346 g/mol. The molecule has 1 aliphatic heterocycles. The van der Waals surface area contributed by atoms with E-state index >= 15 is 0 Å². The molecule has 0 saturated carbocycles. The Balaban J connectivity index is 2.04. The van der Waals surface area contributed by atoms with Crippen LogP contribution in [0.3, 0.4) is 0 Å². The molecule has 1 saturated heterocycles. The van der Waals surface area contributed by atoms with Crippen LogP contribution in [-0.2, 0) is 14.4 Å². The molecule has 0 radical (unpaired) electrons. The Labute approximate surface area is 148 Å². The first kappa shape index (κ1) is 19.0. The van der Waals surface area contributed by atoms with Gasteiger partial charge in [0.05, 0.1) is 5.92 Å². The molecule has 2 N–H and O–H groups in total.